The number of ether oxygens (including phenoxy) is 2. The molecule has 1 N–H and O–H groups in total. The van der Waals surface area contributed by atoms with Crippen LogP contribution in [0.15, 0.2) is 77.7 Å². The van der Waals surface area contributed by atoms with E-state index in [1.54, 1.807) is 61.7 Å². The molecule has 1 amide bonds. The van der Waals surface area contributed by atoms with Gasteiger partial charge in [-0.05, 0) is 67.6 Å². The monoisotopic (exact) mass is 438 g/mol. The normalized spacial score (nSPS) is 15.5. The largest absolute Gasteiger partial charge is 0.497 e. The Morgan fingerprint density at radius 2 is 1.71 bits per heavy atom. The molecule has 3 aromatic carbocycles. The van der Waals surface area contributed by atoms with Crippen LogP contribution in [0.1, 0.15) is 17.3 Å². The number of anilines is 2. The van der Waals surface area contributed by atoms with Crippen molar-refractivity contribution in [1.29, 1.82) is 0 Å². The fraction of sp³-hybridized carbons (Fsp3) is 0.174. The number of carbonyl (C=O) groups excluding carboxylic acids is 1. The van der Waals surface area contributed by atoms with Crippen LogP contribution in [-0.4, -0.2) is 34.1 Å². The Kier molecular flexibility index (Phi) is 5.56. The molecule has 0 bridgehead atoms. The number of rotatable bonds is 5. The van der Waals surface area contributed by atoms with Crippen LogP contribution in [0.3, 0.4) is 0 Å². The highest BCUT2D eigenvalue weighted by Gasteiger charge is 2.32. The van der Waals surface area contributed by atoms with Gasteiger partial charge >= 0.3 is 0 Å². The van der Waals surface area contributed by atoms with Crippen LogP contribution in [0.5, 0.6) is 11.5 Å². The number of nitrogens with zero attached hydrogens (tertiary/aromatic N) is 1. The number of para-hydroxylation sites is 2. The highest BCUT2D eigenvalue weighted by molar-refractivity contribution is 7.92. The number of carbonyl (C=O) groups is 1. The van der Waals surface area contributed by atoms with Crippen molar-refractivity contribution in [3.05, 3.63) is 78.4 Å². The van der Waals surface area contributed by atoms with Gasteiger partial charge in [0.15, 0.2) is 0 Å². The van der Waals surface area contributed by atoms with E-state index in [9.17, 15) is 13.2 Å². The van der Waals surface area contributed by atoms with Crippen molar-refractivity contribution < 1.29 is 22.7 Å². The summed E-state index contributed by atoms with van der Waals surface area (Å²) in [6.07, 6.45) is -0.271. The minimum absolute atomic E-state index is 0.138. The fourth-order valence-corrected chi connectivity index (χ4v) is 4.91. The fourth-order valence-electron chi connectivity index (χ4n) is 3.36. The van der Waals surface area contributed by atoms with Gasteiger partial charge in [-0.15, -0.1) is 0 Å². The molecule has 4 rings (SSSR count). The van der Waals surface area contributed by atoms with E-state index in [-0.39, 0.29) is 23.5 Å². The summed E-state index contributed by atoms with van der Waals surface area (Å²) in [6, 6.07) is 19.9. The first kappa shape index (κ1) is 20.7. The lowest BCUT2D eigenvalue weighted by molar-refractivity contribution is 0.102. The molecule has 160 valence electrons. The van der Waals surface area contributed by atoms with Gasteiger partial charge in [-0.1, -0.05) is 12.1 Å². The van der Waals surface area contributed by atoms with Gasteiger partial charge in [0.05, 0.1) is 24.2 Å². The van der Waals surface area contributed by atoms with E-state index in [0.717, 1.165) is 0 Å². The summed E-state index contributed by atoms with van der Waals surface area (Å²) >= 11 is 0. The maximum absolute atomic E-state index is 13.3. The number of nitrogens with one attached hydrogen (secondary N) is 1. The third-order valence-electron chi connectivity index (χ3n) is 4.94. The first-order valence-electron chi connectivity index (χ1n) is 9.72. The summed E-state index contributed by atoms with van der Waals surface area (Å²) in [5.74, 6) is 0.896. The van der Waals surface area contributed by atoms with E-state index >= 15 is 0 Å². The molecule has 0 aliphatic carbocycles. The second-order valence-electron chi connectivity index (χ2n) is 7.14. The summed E-state index contributed by atoms with van der Waals surface area (Å²) in [7, 11) is -2.23. The molecule has 0 saturated carbocycles. The first-order chi connectivity index (χ1) is 14.9. The number of methoxy groups -OCH3 is 1. The van der Waals surface area contributed by atoms with Crippen LogP contribution in [-0.2, 0) is 10.0 Å². The predicted octanol–water partition coefficient (Wildman–Crippen LogP) is 3.92. The van der Waals surface area contributed by atoms with Crippen LogP contribution >= 0.6 is 0 Å². The Morgan fingerprint density at radius 3 is 2.39 bits per heavy atom. The Labute approximate surface area is 181 Å². The lowest BCUT2D eigenvalue weighted by Gasteiger charge is -2.34. The molecule has 3 aromatic rings. The molecule has 0 saturated heterocycles. The average molecular weight is 439 g/mol. The van der Waals surface area contributed by atoms with E-state index in [1.165, 1.54) is 16.4 Å². The zero-order chi connectivity index (χ0) is 22.0. The number of sulfonamides is 1. The number of fused-ring (bicyclic) bond motifs is 1. The molecule has 1 aliphatic heterocycles. The zero-order valence-corrected chi connectivity index (χ0v) is 17.9. The van der Waals surface area contributed by atoms with Crippen molar-refractivity contribution in [2.75, 3.05) is 23.3 Å². The lowest BCUT2D eigenvalue weighted by atomic mass is 10.2. The molecule has 8 heteroatoms. The molecule has 0 aromatic heterocycles. The van der Waals surface area contributed by atoms with Crippen LogP contribution in [0, 0.1) is 0 Å². The number of amides is 1. The van der Waals surface area contributed by atoms with E-state index in [2.05, 4.69) is 5.32 Å². The van der Waals surface area contributed by atoms with Crippen molar-refractivity contribution in [2.24, 2.45) is 0 Å². The molecule has 7 nitrogen and oxygen atoms in total. The molecule has 0 fully saturated rings. The first-order valence-corrected chi connectivity index (χ1v) is 11.2. The SMILES string of the molecule is COc1ccc(C(=O)Nc2ccc(S(=O)(=O)N3C[C@H](C)Oc4ccccc43)cc2)cc1. The maximum Gasteiger partial charge on any atom is 0.264 e. The van der Waals surface area contributed by atoms with Gasteiger partial charge in [0.1, 0.15) is 17.6 Å². The van der Waals surface area contributed by atoms with Crippen LogP contribution in [0.25, 0.3) is 0 Å². The van der Waals surface area contributed by atoms with Gasteiger partial charge < -0.3 is 14.8 Å². The van der Waals surface area contributed by atoms with Crippen LogP contribution < -0.4 is 19.1 Å². The Balaban J connectivity index is 1.54. The van der Waals surface area contributed by atoms with Crippen LogP contribution in [0.4, 0.5) is 11.4 Å². The molecule has 1 aliphatic rings. The van der Waals surface area contributed by atoms with Crippen LogP contribution in [0.2, 0.25) is 0 Å². The molecule has 31 heavy (non-hydrogen) atoms. The zero-order valence-electron chi connectivity index (χ0n) is 17.1. The number of hydrogen-bond donors (Lipinski definition) is 1. The average Bonchev–Trinajstić information content (AvgIpc) is 2.79. The van der Waals surface area contributed by atoms with E-state index in [0.29, 0.717) is 28.4 Å². The van der Waals surface area contributed by atoms with E-state index in [1.807, 2.05) is 13.0 Å². The van der Waals surface area contributed by atoms with Gasteiger partial charge in [0.25, 0.3) is 15.9 Å². The van der Waals surface area contributed by atoms with Crippen molar-refractivity contribution in [2.45, 2.75) is 17.9 Å². The van der Waals surface area contributed by atoms with Crippen molar-refractivity contribution in [1.82, 2.24) is 0 Å². The van der Waals surface area contributed by atoms with Gasteiger partial charge in [0, 0.05) is 11.3 Å². The maximum atomic E-state index is 13.3. The van der Waals surface area contributed by atoms with Crippen molar-refractivity contribution in [3.8, 4) is 11.5 Å². The summed E-state index contributed by atoms with van der Waals surface area (Å²) in [5, 5.41) is 2.77. The number of hydrogen-bond acceptors (Lipinski definition) is 5. The smallest absolute Gasteiger partial charge is 0.264 e. The highest BCUT2D eigenvalue weighted by atomic mass is 32.2. The quantitative estimate of drug-likeness (QED) is 0.653. The summed E-state index contributed by atoms with van der Waals surface area (Å²) in [5.41, 5.74) is 1.48. The molecule has 1 atom stereocenters. The molecular weight excluding hydrogens is 416 g/mol. The Bertz CT molecular complexity index is 1190. The molecule has 0 unspecified atom stereocenters. The highest BCUT2D eigenvalue weighted by Crippen LogP contribution is 2.36. The summed E-state index contributed by atoms with van der Waals surface area (Å²) < 4.78 is 38.8. The summed E-state index contributed by atoms with van der Waals surface area (Å²) in [4.78, 5) is 12.6. The van der Waals surface area contributed by atoms with Crippen molar-refractivity contribution in [3.63, 3.8) is 0 Å². The van der Waals surface area contributed by atoms with Gasteiger partial charge in [-0.3, -0.25) is 9.10 Å². The third kappa shape index (κ3) is 4.20. The third-order valence-corrected chi connectivity index (χ3v) is 6.73. The lowest BCUT2D eigenvalue weighted by Crippen LogP contribution is -2.42. The standard InChI is InChI=1S/C23H22N2O5S/c1-16-15-25(21-5-3-4-6-22(21)30-16)31(27,28)20-13-9-18(10-14-20)24-23(26)17-7-11-19(29-2)12-8-17/h3-14,16H,15H2,1-2H3,(H,24,26)/t16-/m0/s1. The number of benzene rings is 3. The Morgan fingerprint density at radius 1 is 1.03 bits per heavy atom. The molecule has 0 radical (unpaired) electrons. The van der Waals surface area contributed by atoms with E-state index < -0.39 is 10.0 Å². The topological polar surface area (TPSA) is 84.9 Å². The minimum Gasteiger partial charge on any atom is -0.497 e. The Hall–Kier alpha value is -3.52. The van der Waals surface area contributed by atoms with E-state index in [4.69, 9.17) is 9.47 Å². The predicted molar refractivity (Wildman–Crippen MR) is 118 cm³/mol. The minimum atomic E-state index is -3.79. The van der Waals surface area contributed by atoms with Gasteiger partial charge in [0.2, 0.25) is 0 Å². The van der Waals surface area contributed by atoms with Gasteiger partial charge in [-0.2, -0.15) is 0 Å². The second-order valence-corrected chi connectivity index (χ2v) is 9.00. The molecular formula is C23H22N2O5S. The van der Waals surface area contributed by atoms with Crippen molar-refractivity contribution >= 4 is 27.3 Å². The van der Waals surface area contributed by atoms with Gasteiger partial charge in [-0.25, -0.2) is 8.42 Å². The molecule has 1 heterocycles. The second kappa shape index (κ2) is 8.31. The summed E-state index contributed by atoms with van der Waals surface area (Å²) in [6.45, 7) is 2.05. The molecule has 0 spiro atoms.